The highest BCUT2D eigenvalue weighted by atomic mass is 33.1. The van der Waals surface area contributed by atoms with E-state index in [0.717, 1.165) is 5.75 Å². The van der Waals surface area contributed by atoms with Crippen molar-refractivity contribution in [3.8, 4) is 0 Å². The predicted octanol–water partition coefficient (Wildman–Crippen LogP) is 5.20. The van der Waals surface area contributed by atoms with E-state index < -0.39 is 0 Å². The van der Waals surface area contributed by atoms with Crippen LogP contribution in [0.25, 0.3) is 0 Å². The molecule has 18 heavy (non-hydrogen) atoms. The first kappa shape index (κ1) is 13.6. The number of rotatable bonds is 7. The van der Waals surface area contributed by atoms with Gasteiger partial charge in [-0.3, -0.25) is 0 Å². The van der Waals surface area contributed by atoms with Crippen molar-refractivity contribution < 1.29 is 0 Å². The van der Waals surface area contributed by atoms with Gasteiger partial charge in [-0.05, 0) is 24.0 Å². The first-order valence-corrected chi connectivity index (χ1v) is 8.76. The van der Waals surface area contributed by atoms with Crippen molar-refractivity contribution >= 4 is 21.6 Å². The molecule has 0 heterocycles. The molecule has 2 heteroatoms. The van der Waals surface area contributed by atoms with Crippen molar-refractivity contribution in [1.82, 2.24) is 0 Å². The quantitative estimate of drug-likeness (QED) is 0.502. The smallest absolute Gasteiger partial charge is 0.0288 e. The van der Waals surface area contributed by atoms with Crippen LogP contribution in [0.5, 0.6) is 0 Å². The van der Waals surface area contributed by atoms with E-state index in [-0.39, 0.29) is 0 Å². The molecule has 0 aromatic heterocycles. The van der Waals surface area contributed by atoms with E-state index in [4.69, 9.17) is 0 Å². The third-order valence-electron chi connectivity index (χ3n) is 2.69. The summed E-state index contributed by atoms with van der Waals surface area (Å²) in [6.07, 6.45) is 2.45. The van der Waals surface area contributed by atoms with Crippen LogP contribution in [-0.2, 0) is 12.2 Å². The van der Waals surface area contributed by atoms with Crippen LogP contribution in [0.3, 0.4) is 0 Å². The Labute approximate surface area is 118 Å². The van der Waals surface area contributed by atoms with Crippen molar-refractivity contribution in [2.45, 2.75) is 18.6 Å². The zero-order chi connectivity index (χ0) is 12.5. The summed E-state index contributed by atoms with van der Waals surface area (Å²) in [5, 5.41) is 0. The zero-order valence-corrected chi connectivity index (χ0v) is 12.1. The molecule has 0 amide bonds. The van der Waals surface area contributed by atoms with Gasteiger partial charge in [0, 0.05) is 11.5 Å². The minimum Gasteiger partial charge on any atom is -0.0938 e. The Morgan fingerprint density at radius 3 is 1.94 bits per heavy atom. The van der Waals surface area contributed by atoms with E-state index in [2.05, 4.69) is 60.7 Å². The summed E-state index contributed by atoms with van der Waals surface area (Å²) in [6.45, 7) is 0. The molecular weight excluding hydrogens is 256 g/mol. The lowest BCUT2D eigenvalue weighted by atomic mass is 10.1. The molecule has 0 bridgehead atoms. The molecule has 2 rings (SSSR count). The average Bonchev–Trinajstić information content (AvgIpc) is 2.45. The van der Waals surface area contributed by atoms with Crippen LogP contribution in [0.4, 0.5) is 0 Å². The van der Waals surface area contributed by atoms with Crippen LogP contribution < -0.4 is 0 Å². The fourth-order valence-electron chi connectivity index (χ4n) is 1.72. The highest BCUT2D eigenvalue weighted by Gasteiger charge is 1.95. The van der Waals surface area contributed by atoms with Crippen molar-refractivity contribution in [1.29, 1.82) is 0 Å². The van der Waals surface area contributed by atoms with Gasteiger partial charge in [-0.1, -0.05) is 82.3 Å². The van der Waals surface area contributed by atoms with Crippen LogP contribution >= 0.6 is 21.6 Å². The molecule has 0 atom stereocenters. The standard InChI is InChI=1S/C16H18S2/c1-3-8-15(9-4-1)12-7-13-17-18-14-16-10-5-2-6-11-16/h1-6,8-11H,7,12-14H2. The molecule has 0 aliphatic rings. The first-order chi connectivity index (χ1) is 8.95. The van der Waals surface area contributed by atoms with Crippen LogP contribution in [0.2, 0.25) is 0 Å². The Kier molecular flexibility index (Phi) is 6.24. The topological polar surface area (TPSA) is 0 Å². The second-order valence-electron chi connectivity index (χ2n) is 4.16. The van der Waals surface area contributed by atoms with Gasteiger partial charge in [0.2, 0.25) is 0 Å². The van der Waals surface area contributed by atoms with Crippen molar-refractivity contribution in [2.75, 3.05) is 5.75 Å². The lowest BCUT2D eigenvalue weighted by Gasteiger charge is -2.02. The molecule has 0 saturated heterocycles. The molecule has 0 spiro atoms. The molecular formula is C16H18S2. The maximum atomic E-state index is 2.21. The van der Waals surface area contributed by atoms with E-state index in [1.165, 1.54) is 29.7 Å². The third kappa shape index (κ3) is 5.19. The van der Waals surface area contributed by atoms with Crippen LogP contribution in [0.1, 0.15) is 17.5 Å². The number of aryl methyl sites for hydroxylation is 1. The van der Waals surface area contributed by atoms with Gasteiger partial charge < -0.3 is 0 Å². The third-order valence-corrected chi connectivity index (χ3v) is 5.11. The minimum absolute atomic E-state index is 1.11. The Hall–Kier alpha value is -0.860. The number of hydrogen-bond acceptors (Lipinski definition) is 2. The summed E-state index contributed by atoms with van der Waals surface area (Å²) in [5.74, 6) is 2.34. The molecule has 2 aromatic rings. The molecule has 0 aliphatic heterocycles. The van der Waals surface area contributed by atoms with Gasteiger partial charge in [-0.15, -0.1) is 0 Å². The lowest BCUT2D eigenvalue weighted by molar-refractivity contribution is 0.936. The summed E-state index contributed by atoms with van der Waals surface area (Å²) < 4.78 is 0. The molecule has 0 unspecified atom stereocenters. The Bertz CT molecular complexity index is 382. The highest BCUT2D eigenvalue weighted by Crippen LogP contribution is 2.26. The van der Waals surface area contributed by atoms with E-state index in [9.17, 15) is 0 Å². The van der Waals surface area contributed by atoms with Crippen LogP contribution in [0.15, 0.2) is 60.7 Å². The fraction of sp³-hybridized carbons (Fsp3) is 0.250. The molecule has 0 aliphatic carbocycles. The summed E-state index contributed by atoms with van der Waals surface area (Å²) in [4.78, 5) is 0. The summed E-state index contributed by atoms with van der Waals surface area (Å²) in [7, 11) is 3.94. The van der Waals surface area contributed by atoms with Gasteiger partial charge in [0.05, 0.1) is 0 Å². The van der Waals surface area contributed by atoms with Gasteiger partial charge in [0.15, 0.2) is 0 Å². The SMILES string of the molecule is c1ccc(CCCSSCc2ccccc2)cc1. The minimum atomic E-state index is 1.11. The monoisotopic (exact) mass is 274 g/mol. The van der Waals surface area contributed by atoms with Gasteiger partial charge >= 0.3 is 0 Å². The van der Waals surface area contributed by atoms with Gasteiger partial charge in [-0.2, -0.15) is 0 Å². The summed E-state index contributed by atoms with van der Waals surface area (Å²) in [6, 6.07) is 21.4. The van der Waals surface area contributed by atoms with Crippen LogP contribution in [0, 0.1) is 0 Å². The van der Waals surface area contributed by atoms with Crippen LogP contribution in [-0.4, -0.2) is 5.75 Å². The number of hydrogen-bond donors (Lipinski definition) is 0. The first-order valence-electron chi connectivity index (χ1n) is 6.27. The second kappa shape index (κ2) is 8.28. The van der Waals surface area contributed by atoms with E-state index in [1.54, 1.807) is 0 Å². The second-order valence-corrected chi connectivity index (χ2v) is 6.74. The normalized spacial score (nSPS) is 10.4. The lowest BCUT2D eigenvalue weighted by Crippen LogP contribution is -1.86. The molecule has 0 radical (unpaired) electrons. The summed E-state index contributed by atoms with van der Waals surface area (Å²) >= 11 is 0. The highest BCUT2D eigenvalue weighted by molar-refractivity contribution is 8.76. The van der Waals surface area contributed by atoms with Gasteiger partial charge in [0.25, 0.3) is 0 Å². The molecule has 94 valence electrons. The summed E-state index contributed by atoms with van der Waals surface area (Å²) in [5.41, 5.74) is 2.87. The molecule has 0 saturated carbocycles. The Morgan fingerprint density at radius 1 is 0.667 bits per heavy atom. The zero-order valence-electron chi connectivity index (χ0n) is 10.4. The molecule has 0 nitrogen and oxygen atoms in total. The Morgan fingerprint density at radius 2 is 1.28 bits per heavy atom. The molecule has 0 N–H and O–H groups in total. The average molecular weight is 274 g/mol. The van der Waals surface area contributed by atoms with Gasteiger partial charge in [-0.25, -0.2) is 0 Å². The Balaban J connectivity index is 1.54. The van der Waals surface area contributed by atoms with E-state index in [0.29, 0.717) is 0 Å². The predicted molar refractivity (Wildman–Crippen MR) is 85.0 cm³/mol. The van der Waals surface area contributed by atoms with Gasteiger partial charge in [0.1, 0.15) is 0 Å². The van der Waals surface area contributed by atoms with Crippen molar-refractivity contribution in [3.63, 3.8) is 0 Å². The fourth-order valence-corrected chi connectivity index (χ4v) is 3.88. The number of benzene rings is 2. The molecule has 2 aromatic carbocycles. The van der Waals surface area contributed by atoms with Crippen molar-refractivity contribution in [2.24, 2.45) is 0 Å². The van der Waals surface area contributed by atoms with E-state index in [1.807, 2.05) is 21.6 Å². The maximum absolute atomic E-state index is 2.21. The van der Waals surface area contributed by atoms with Crippen molar-refractivity contribution in [3.05, 3.63) is 71.8 Å². The maximum Gasteiger partial charge on any atom is 0.0288 e. The largest absolute Gasteiger partial charge is 0.0938 e. The molecule has 0 fully saturated rings. The van der Waals surface area contributed by atoms with E-state index >= 15 is 0 Å².